The lowest BCUT2D eigenvalue weighted by molar-refractivity contribution is -0.157. The van der Waals surface area contributed by atoms with E-state index in [0.29, 0.717) is 0 Å². The maximum absolute atomic E-state index is 11.3. The van der Waals surface area contributed by atoms with Gasteiger partial charge in [0.15, 0.2) is 0 Å². The summed E-state index contributed by atoms with van der Waals surface area (Å²) in [6, 6.07) is 0. The van der Waals surface area contributed by atoms with Gasteiger partial charge in [0, 0.05) is 6.08 Å². The molecular formula is C13H20O2. The number of carbonyl (C=O) groups excluding carboxylic acids is 1. The lowest BCUT2D eigenvalue weighted by Crippen LogP contribution is -2.37. The van der Waals surface area contributed by atoms with Crippen LogP contribution in [0.15, 0.2) is 12.7 Å². The van der Waals surface area contributed by atoms with Gasteiger partial charge in [-0.1, -0.05) is 13.5 Å². The molecule has 2 aliphatic rings. The number of rotatable bonds is 2. The highest BCUT2D eigenvalue weighted by Crippen LogP contribution is 2.50. The third-order valence-corrected chi connectivity index (χ3v) is 4.07. The van der Waals surface area contributed by atoms with Crippen molar-refractivity contribution in [2.24, 2.45) is 17.8 Å². The van der Waals surface area contributed by atoms with E-state index in [4.69, 9.17) is 4.74 Å². The second-order valence-electron chi connectivity index (χ2n) is 5.56. The first-order valence-corrected chi connectivity index (χ1v) is 5.88. The number of fused-ring (bicyclic) bond motifs is 2. The van der Waals surface area contributed by atoms with Crippen molar-refractivity contribution in [2.45, 2.75) is 45.1 Å². The van der Waals surface area contributed by atoms with Crippen LogP contribution >= 0.6 is 0 Å². The van der Waals surface area contributed by atoms with E-state index in [1.807, 2.05) is 0 Å². The van der Waals surface area contributed by atoms with Crippen LogP contribution in [-0.4, -0.2) is 11.6 Å². The summed E-state index contributed by atoms with van der Waals surface area (Å²) in [6.07, 6.45) is 5.98. The van der Waals surface area contributed by atoms with Crippen LogP contribution < -0.4 is 0 Å². The maximum Gasteiger partial charge on any atom is 0.330 e. The van der Waals surface area contributed by atoms with Gasteiger partial charge in [-0.3, -0.25) is 0 Å². The summed E-state index contributed by atoms with van der Waals surface area (Å²) < 4.78 is 5.50. The van der Waals surface area contributed by atoms with Crippen LogP contribution in [0, 0.1) is 17.8 Å². The van der Waals surface area contributed by atoms with E-state index in [-0.39, 0.29) is 11.6 Å². The summed E-state index contributed by atoms with van der Waals surface area (Å²) in [6.45, 7) is 7.85. The molecule has 4 unspecified atom stereocenters. The monoisotopic (exact) mass is 208 g/mol. The predicted molar refractivity (Wildman–Crippen MR) is 59.3 cm³/mol. The van der Waals surface area contributed by atoms with Crippen molar-refractivity contribution in [1.29, 1.82) is 0 Å². The Labute approximate surface area is 91.7 Å². The lowest BCUT2D eigenvalue weighted by atomic mass is 9.77. The third-order valence-electron chi connectivity index (χ3n) is 4.07. The first-order valence-electron chi connectivity index (χ1n) is 5.88. The molecule has 0 aromatic carbocycles. The molecule has 0 spiro atoms. The molecule has 2 nitrogen and oxygen atoms in total. The third kappa shape index (κ3) is 2.09. The minimum Gasteiger partial charge on any atom is -0.456 e. The van der Waals surface area contributed by atoms with Crippen LogP contribution in [0.1, 0.15) is 39.5 Å². The summed E-state index contributed by atoms with van der Waals surface area (Å²) in [5.41, 5.74) is -0.233. The van der Waals surface area contributed by atoms with E-state index in [2.05, 4.69) is 20.4 Å². The van der Waals surface area contributed by atoms with Crippen LogP contribution in [0.5, 0.6) is 0 Å². The van der Waals surface area contributed by atoms with Gasteiger partial charge in [-0.2, -0.15) is 0 Å². The summed E-state index contributed by atoms with van der Waals surface area (Å²) in [4.78, 5) is 11.3. The Kier molecular flexibility index (Phi) is 2.61. The fourth-order valence-corrected chi connectivity index (χ4v) is 3.54. The molecule has 0 aromatic rings. The van der Waals surface area contributed by atoms with E-state index in [9.17, 15) is 4.79 Å². The second-order valence-corrected chi connectivity index (χ2v) is 5.56. The lowest BCUT2D eigenvalue weighted by Gasteiger charge is -2.37. The van der Waals surface area contributed by atoms with E-state index >= 15 is 0 Å². The smallest absolute Gasteiger partial charge is 0.330 e. The fraction of sp³-hybridized carbons (Fsp3) is 0.769. The highest BCUT2D eigenvalue weighted by atomic mass is 16.6. The first kappa shape index (κ1) is 10.7. The predicted octanol–water partition coefficient (Wildman–Crippen LogP) is 2.93. The Morgan fingerprint density at radius 2 is 2.20 bits per heavy atom. The number of ether oxygens (including phenoxy) is 1. The largest absolute Gasteiger partial charge is 0.456 e. The van der Waals surface area contributed by atoms with Crippen molar-refractivity contribution >= 4 is 5.97 Å². The zero-order chi connectivity index (χ0) is 11.1. The molecule has 2 saturated carbocycles. The van der Waals surface area contributed by atoms with Crippen LogP contribution in [0.25, 0.3) is 0 Å². The van der Waals surface area contributed by atoms with Crippen LogP contribution in [0.3, 0.4) is 0 Å². The van der Waals surface area contributed by atoms with Gasteiger partial charge in [0.1, 0.15) is 5.60 Å². The summed E-state index contributed by atoms with van der Waals surface area (Å²) in [5.74, 6) is 2.05. The number of hydrogen-bond acceptors (Lipinski definition) is 2. The van der Waals surface area contributed by atoms with Crippen LogP contribution in [0.2, 0.25) is 0 Å². The van der Waals surface area contributed by atoms with Crippen molar-refractivity contribution in [2.75, 3.05) is 0 Å². The SMILES string of the molecule is C=CC(=O)OC1(C)CC2CC(C)C(C2)C1. The molecule has 0 N–H and O–H groups in total. The molecule has 2 fully saturated rings. The van der Waals surface area contributed by atoms with E-state index in [0.717, 1.165) is 30.6 Å². The first-order chi connectivity index (χ1) is 7.02. The van der Waals surface area contributed by atoms with Crippen molar-refractivity contribution in [3.8, 4) is 0 Å². The highest BCUT2D eigenvalue weighted by Gasteiger charge is 2.46. The summed E-state index contributed by atoms with van der Waals surface area (Å²) >= 11 is 0. The van der Waals surface area contributed by atoms with Crippen molar-refractivity contribution in [3.63, 3.8) is 0 Å². The molecule has 15 heavy (non-hydrogen) atoms. The molecule has 2 rings (SSSR count). The average molecular weight is 208 g/mol. The van der Waals surface area contributed by atoms with Gasteiger partial charge >= 0.3 is 5.97 Å². The zero-order valence-electron chi connectivity index (χ0n) is 9.66. The topological polar surface area (TPSA) is 26.3 Å². The molecule has 0 aliphatic heterocycles. The van der Waals surface area contributed by atoms with Gasteiger partial charge in [0.25, 0.3) is 0 Å². The van der Waals surface area contributed by atoms with Crippen molar-refractivity contribution in [3.05, 3.63) is 12.7 Å². The molecule has 2 aliphatic carbocycles. The van der Waals surface area contributed by atoms with E-state index in [1.165, 1.54) is 18.9 Å². The molecule has 0 amide bonds. The average Bonchev–Trinajstić information content (AvgIpc) is 2.40. The van der Waals surface area contributed by atoms with Gasteiger partial charge in [0.2, 0.25) is 0 Å². The van der Waals surface area contributed by atoms with Gasteiger partial charge in [-0.05, 0) is 50.4 Å². The molecule has 84 valence electrons. The Morgan fingerprint density at radius 1 is 1.47 bits per heavy atom. The Balaban J connectivity index is 2.05. The summed E-state index contributed by atoms with van der Waals surface area (Å²) in [5, 5.41) is 0. The zero-order valence-corrected chi connectivity index (χ0v) is 9.66. The molecule has 0 saturated heterocycles. The molecule has 0 radical (unpaired) electrons. The quantitative estimate of drug-likeness (QED) is 0.515. The molecule has 0 heterocycles. The minimum absolute atomic E-state index is 0.233. The molecule has 0 aromatic heterocycles. The van der Waals surface area contributed by atoms with E-state index < -0.39 is 0 Å². The fourth-order valence-electron chi connectivity index (χ4n) is 3.54. The summed E-state index contributed by atoms with van der Waals surface area (Å²) in [7, 11) is 0. The van der Waals surface area contributed by atoms with Crippen molar-refractivity contribution < 1.29 is 9.53 Å². The van der Waals surface area contributed by atoms with Crippen molar-refractivity contribution in [1.82, 2.24) is 0 Å². The van der Waals surface area contributed by atoms with Crippen LogP contribution in [-0.2, 0) is 9.53 Å². The Morgan fingerprint density at radius 3 is 2.80 bits per heavy atom. The van der Waals surface area contributed by atoms with Gasteiger partial charge < -0.3 is 4.74 Å². The second kappa shape index (κ2) is 3.66. The highest BCUT2D eigenvalue weighted by molar-refractivity contribution is 5.81. The van der Waals surface area contributed by atoms with Gasteiger partial charge in [0.05, 0.1) is 0 Å². The molecular weight excluding hydrogens is 188 g/mol. The number of carbonyl (C=O) groups is 1. The van der Waals surface area contributed by atoms with Gasteiger partial charge in [-0.25, -0.2) is 4.79 Å². The normalized spacial score (nSPS) is 43.7. The Bertz CT molecular complexity index is 282. The minimum atomic E-state index is -0.272. The standard InChI is InChI=1S/C13H20O2/c1-4-12(14)15-13(3)7-10-5-9(2)11(6-10)8-13/h4,9-11H,1,5-8H2,2-3H3. The molecule has 2 bridgehead atoms. The maximum atomic E-state index is 11.3. The van der Waals surface area contributed by atoms with Gasteiger partial charge in [-0.15, -0.1) is 0 Å². The Hall–Kier alpha value is -0.790. The number of esters is 1. The molecule has 2 heteroatoms. The molecule has 4 atom stereocenters. The van der Waals surface area contributed by atoms with E-state index in [1.54, 1.807) is 0 Å². The number of hydrogen-bond donors (Lipinski definition) is 0. The van der Waals surface area contributed by atoms with Crippen LogP contribution in [0.4, 0.5) is 0 Å².